The van der Waals surface area contributed by atoms with Crippen LogP contribution in [0.5, 0.6) is 5.75 Å². The second kappa shape index (κ2) is 10.2. The van der Waals surface area contributed by atoms with Crippen molar-refractivity contribution in [1.82, 2.24) is 14.9 Å². The third kappa shape index (κ3) is 5.58. The minimum absolute atomic E-state index is 0. The van der Waals surface area contributed by atoms with Crippen molar-refractivity contribution in [3.8, 4) is 5.75 Å². The van der Waals surface area contributed by atoms with Gasteiger partial charge in [0.1, 0.15) is 5.75 Å². The van der Waals surface area contributed by atoms with Gasteiger partial charge in [-0.25, -0.2) is 4.98 Å². The predicted molar refractivity (Wildman–Crippen MR) is 95.7 cm³/mol. The third-order valence-corrected chi connectivity index (χ3v) is 4.06. The van der Waals surface area contributed by atoms with Crippen LogP contribution in [-0.2, 0) is 0 Å². The van der Waals surface area contributed by atoms with Crippen molar-refractivity contribution in [2.45, 2.75) is 19.0 Å². The molecule has 0 saturated heterocycles. The molecule has 0 aliphatic carbocycles. The monoisotopic (exact) mass is 351 g/mol. The van der Waals surface area contributed by atoms with E-state index >= 15 is 0 Å². The lowest BCUT2D eigenvalue weighted by molar-refractivity contribution is 0.324. The Morgan fingerprint density at radius 3 is 2.57 bits per heavy atom. The average molecular weight is 352 g/mol. The molecule has 2 rings (SSSR count). The van der Waals surface area contributed by atoms with Crippen LogP contribution in [0.3, 0.4) is 0 Å². The molecule has 21 heavy (non-hydrogen) atoms. The van der Waals surface area contributed by atoms with Crippen LogP contribution in [0.15, 0.2) is 23.4 Å². The van der Waals surface area contributed by atoms with Crippen molar-refractivity contribution in [2.24, 2.45) is 0 Å². The van der Waals surface area contributed by atoms with E-state index in [1.54, 1.807) is 18.9 Å². The summed E-state index contributed by atoms with van der Waals surface area (Å²) in [5.74, 6) is 1.91. The number of hydrogen-bond donors (Lipinski definition) is 1. The molecule has 0 bridgehead atoms. The summed E-state index contributed by atoms with van der Waals surface area (Å²) in [5.41, 5.74) is 2.02. The van der Waals surface area contributed by atoms with Crippen molar-refractivity contribution >= 4 is 47.6 Å². The van der Waals surface area contributed by atoms with Gasteiger partial charge in [-0.15, -0.1) is 24.8 Å². The standard InChI is InChI=1S/C14H21N3OS.2ClH/c1-4-17(5-2)8-9-19-14-15-12-7-6-11(18-3)10-13(12)16-14;;/h6-7,10H,4-5,8-9H2,1-3H3,(H,15,16);2*1H. The van der Waals surface area contributed by atoms with Gasteiger partial charge in [-0.1, -0.05) is 25.6 Å². The Kier molecular flexibility index (Phi) is 9.86. The topological polar surface area (TPSA) is 41.2 Å². The first-order chi connectivity index (χ1) is 9.26. The van der Waals surface area contributed by atoms with Crippen molar-refractivity contribution in [1.29, 1.82) is 0 Å². The van der Waals surface area contributed by atoms with Gasteiger partial charge in [0.2, 0.25) is 0 Å². The molecule has 0 aliphatic rings. The molecule has 0 aliphatic heterocycles. The molecule has 4 nitrogen and oxygen atoms in total. The van der Waals surface area contributed by atoms with Gasteiger partial charge < -0.3 is 14.6 Å². The summed E-state index contributed by atoms with van der Waals surface area (Å²) in [6.45, 7) is 7.70. The first kappa shape index (κ1) is 20.4. The number of H-pyrrole nitrogens is 1. The maximum atomic E-state index is 5.21. The van der Waals surface area contributed by atoms with Crippen molar-refractivity contribution in [2.75, 3.05) is 32.5 Å². The van der Waals surface area contributed by atoms with Crippen LogP contribution in [0, 0.1) is 0 Å². The Morgan fingerprint density at radius 2 is 1.95 bits per heavy atom. The summed E-state index contributed by atoms with van der Waals surface area (Å²) in [4.78, 5) is 10.3. The lowest BCUT2D eigenvalue weighted by atomic mass is 10.3. The second-order valence-corrected chi connectivity index (χ2v) is 5.38. The molecule has 1 heterocycles. The number of hydrogen-bond acceptors (Lipinski definition) is 4. The lowest BCUT2D eigenvalue weighted by Crippen LogP contribution is -2.25. The van der Waals surface area contributed by atoms with E-state index in [1.165, 1.54) is 0 Å². The number of halogens is 2. The number of aromatic amines is 1. The van der Waals surface area contributed by atoms with E-state index in [-0.39, 0.29) is 24.8 Å². The van der Waals surface area contributed by atoms with Crippen LogP contribution >= 0.6 is 36.6 Å². The Hall–Kier alpha value is -0.620. The second-order valence-electron chi connectivity index (χ2n) is 4.30. The van der Waals surface area contributed by atoms with Gasteiger partial charge in [0.15, 0.2) is 5.16 Å². The van der Waals surface area contributed by atoms with Gasteiger partial charge >= 0.3 is 0 Å². The maximum Gasteiger partial charge on any atom is 0.166 e. The van der Waals surface area contributed by atoms with Crippen molar-refractivity contribution in [3.63, 3.8) is 0 Å². The van der Waals surface area contributed by atoms with Crippen LogP contribution in [0.2, 0.25) is 0 Å². The fourth-order valence-corrected chi connectivity index (χ4v) is 2.86. The third-order valence-electron chi connectivity index (χ3n) is 3.21. The zero-order valence-corrected chi connectivity index (χ0v) is 15.0. The normalized spacial score (nSPS) is 10.3. The highest BCUT2D eigenvalue weighted by atomic mass is 35.5. The zero-order valence-electron chi connectivity index (χ0n) is 12.6. The molecule has 0 amide bonds. The van der Waals surface area contributed by atoms with Crippen LogP contribution in [0.25, 0.3) is 11.0 Å². The summed E-state index contributed by atoms with van der Waals surface area (Å²) < 4.78 is 5.21. The summed E-state index contributed by atoms with van der Waals surface area (Å²) in [6, 6.07) is 5.91. The molecule has 1 N–H and O–H groups in total. The summed E-state index contributed by atoms with van der Waals surface area (Å²) in [5, 5.41) is 0.982. The van der Waals surface area contributed by atoms with E-state index < -0.39 is 0 Å². The molecule has 0 saturated carbocycles. The van der Waals surface area contributed by atoms with E-state index in [4.69, 9.17) is 4.74 Å². The molecule has 0 unspecified atom stereocenters. The molecule has 0 spiro atoms. The molecule has 1 aromatic heterocycles. The summed E-state index contributed by atoms with van der Waals surface area (Å²) in [7, 11) is 1.68. The lowest BCUT2D eigenvalue weighted by Gasteiger charge is -2.16. The van der Waals surface area contributed by atoms with Crippen LogP contribution in [0.1, 0.15) is 13.8 Å². The number of ether oxygens (including phenoxy) is 1. The quantitative estimate of drug-likeness (QED) is 0.769. The molecule has 0 atom stereocenters. The summed E-state index contributed by atoms with van der Waals surface area (Å²) >= 11 is 1.77. The molecular formula is C14H23Cl2N3OS. The Balaban J connectivity index is 0.00000200. The molecular weight excluding hydrogens is 329 g/mol. The number of thioether (sulfide) groups is 1. The number of nitrogens with zero attached hydrogens (tertiary/aromatic N) is 2. The Bertz CT molecular complexity index is 532. The molecule has 2 aromatic rings. The van der Waals surface area contributed by atoms with E-state index in [1.807, 2.05) is 18.2 Å². The Morgan fingerprint density at radius 1 is 1.24 bits per heavy atom. The van der Waals surface area contributed by atoms with Crippen LogP contribution < -0.4 is 4.74 Å². The summed E-state index contributed by atoms with van der Waals surface area (Å²) in [6.07, 6.45) is 0. The zero-order chi connectivity index (χ0) is 13.7. The minimum Gasteiger partial charge on any atom is -0.497 e. The van der Waals surface area contributed by atoms with E-state index in [2.05, 4.69) is 28.7 Å². The minimum atomic E-state index is 0. The average Bonchev–Trinajstić information content (AvgIpc) is 2.85. The fraction of sp³-hybridized carbons (Fsp3) is 0.500. The number of aromatic nitrogens is 2. The van der Waals surface area contributed by atoms with E-state index in [0.29, 0.717) is 0 Å². The maximum absolute atomic E-state index is 5.21. The van der Waals surface area contributed by atoms with Gasteiger partial charge in [-0.2, -0.15) is 0 Å². The molecule has 0 radical (unpaired) electrons. The highest BCUT2D eigenvalue weighted by Gasteiger charge is 2.05. The van der Waals surface area contributed by atoms with Crippen molar-refractivity contribution < 1.29 is 4.74 Å². The van der Waals surface area contributed by atoms with Gasteiger partial charge in [0.05, 0.1) is 18.1 Å². The first-order valence-corrected chi connectivity index (χ1v) is 7.64. The number of imidazole rings is 1. The molecule has 7 heteroatoms. The predicted octanol–water partition coefficient (Wildman–Crippen LogP) is 3.85. The van der Waals surface area contributed by atoms with E-state index in [9.17, 15) is 0 Å². The molecule has 120 valence electrons. The van der Waals surface area contributed by atoms with Gasteiger partial charge in [0, 0.05) is 18.4 Å². The highest BCUT2D eigenvalue weighted by molar-refractivity contribution is 7.99. The van der Waals surface area contributed by atoms with Gasteiger partial charge in [0.25, 0.3) is 0 Å². The van der Waals surface area contributed by atoms with Crippen LogP contribution in [0.4, 0.5) is 0 Å². The number of methoxy groups -OCH3 is 1. The first-order valence-electron chi connectivity index (χ1n) is 6.65. The Labute approximate surface area is 142 Å². The molecule has 1 aromatic carbocycles. The SMILES string of the molecule is CCN(CC)CCSc1nc2ccc(OC)cc2[nH]1.Cl.Cl. The van der Waals surface area contributed by atoms with Gasteiger partial charge in [-0.3, -0.25) is 0 Å². The van der Waals surface area contributed by atoms with Crippen molar-refractivity contribution in [3.05, 3.63) is 18.2 Å². The van der Waals surface area contributed by atoms with Crippen LogP contribution in [-0.4, -0.2) is 47.4 Å². The fourth-order valence-electron chi connectivity index (χ4n) is 1.97. The number of benzene rings is 1. The number of rotatable bonds is 7. The molecule has 0 fully saturated rings. The smallest absolute Gasteiger partial charge is 0.166 e. The van der Waals surface area contributed by atoms with E-state index in [0.717, 1.165) is 47.3 Å². The van der Waals surface area contributed by atoms with Gasteiger partial charge in [-0.05, 0) is 25.2 Å². The number of fused-ring (bicyclic) bond motifs is 1. The number of nitrogens with one attached hydrogen (secondary N) is 1. The largest absolute Gasteiger partial charge is 0.497 e. The highest BCUT2D eigenvalue weighted by Crippen LogP contribution is 2.23.